The highest BCUT2D eigenvalue weighted by atomic mass is 16.5. The molecule has 1 aromatic heterocycles. The summed E-state index contributed by atoms with van der Waals surface area (Å²) in [5, 5.41) is 0.309. The zero-order valence-corrected chi connectivity index (χ0v) is 21.2. The molecule has 6 rings (SSSR count). The lowest BCUT2D eigenvalue weighted by molar-refractivity contribution is -0.135. The monoisotopic (exact) mass is 526 g/mol. The zero-order chi connectivity index (χ0) is 27.3. The molecule has 0 unspecified atom stereocenters. The van der Waals surface area contributed by atoms with E-state index in [0.717, 1.165) is 0 Å². The van der Waals surface area contributed by atoms with E-state index in [1.165, 1.54) is 20.5 Å². The number of methoxy groups -OCH3 is 3. The average Bonchev–Trinajstić information content (AvgIpc) is 3.27. The van der Waals surface area contributed by atoms with Gasteiger partial charge in [-0.15, -0.1) is 0 Å². The third kappa shape index (κ3) is 3.99. The normalized spacial score (nSPS) is 16.9. The van der Waals surface area contributed by atoms with Gasteiger partial charge in [0.1, 0.15) is 34.3 Å². The maximum Gasteiger partial charge on any atom is 0.312 e. The van der Waals surface area contributed by atoms with Crippen LogP contribution in [0.15, 0.2) is 69.8 Å². The Balaban J connectivity index is 1.48. The highest BCUT2D eigenvalue weighted by Crippen LogP contribution is 2.48. The molecule has 3 aromatic carbocycles. The number of fused-ring (bicyclic) bond motifs is 4. The molecule has 0 saturated heterocycles. The summed E-state index contributed by atoms with van der Waals surface area (Å²) in [7, 11) is 4.57. The van der Waals surface area contributed by atoms with Crippen molar-refractivity contribution in [2.24, 2.45) is 0 Å². The van der Waals surface area contributed by atoms with Crippen LogP contribution in [0, 0.1) is 0 Å². The second-order valence-corrected chi connectivity index (χ2v) is 9.01. The summed E-state index contributed by atoms with van der Waals surface area (Å²) in [6.45, 7) is 0. The third-order valence-electron chi connectivity index (χ3n) is 6.89. The number of allylic oxidation sites excluding steroid dienone is 1. The molecule has 0 aliphatic carbocycles. The van der Waals surface area contributed by atoms with Crippen LogP contribution in [0.4, 0.5) is 0 Å². The molecule has 0 saturated carbocycles. The first-order valence-corrected chi connectivity index (χ1v) is 12.0. The van der Waals surface area contributed by atoms with Crippen molar-refractivity contribution in [2.45, 2.75) is 12.3 Å². The molecule has 1 atom stereocenters. The van der Waals surface area contributed by atoms with Gasteiger partial charge in [-0.25, -0.2) is 0 Å². The van der Waals surface area contributed by atoms with E-state index in [2.05, 4.69) is 0 Å². The molecular weight excluding hydrogens is 504 g/mol. The summed E-state index contributed by atoms with van der Waals surface area (Å²) in [6.07, 6.45) is 2.79. The maximum absolute atomic E-state index is 13.6. The smallest absolute Gasteiger partial charge is 0.312 e. The predicted octanol–water partition coefficient (Wildman–Crippen LogP) is 4.88. The summed E-state index contributed by atoms with van der Waals surface area (Å²) >= 11 is 0. The molecule has 0 fully saturated rings. The second kappa shape index (κ2) is 9.36. The fourth-order valence-corrected chi connectivity index (χ4v) is 4.94. The number of hydrogen-bond acceptors (Lipinski definition) is 9. The third-order valence-corrected chi connectivity index (χ3v) is 6.89. The highest BCUT2D eigenvalue weighted by Gasteiger charge is 2.39. The largest absolute Gasteiger partial charge is 0.497 e. The lowest BCUT2D eigenvalue weighted by atomic mass is 9.85. The van der Waals surface area contributed by atoms with Crippen molar-refractivity contribution in [3.63, 3.8) is 0 Å². The summed E-state index contributed by atoms with van der Waals surface area (Å²) in [6, 6.07) is 13.2. The van der Waals surface area contributed by atoms with E-state index in [-0.39, 0.29) is 40.5 Å². The van der Waals surface area contributed by atoms with Gasteiger partial charge in [0.15, 0.2) is 11.2 Å². The Morgan fingerprint density at radius 2 is 1.64 bits per heavy atom. The van der Waals surface area contributed by atoms with Crippen LogP contribution in [0.25, 0.3) is 17.0 Å². The fourth-order valence-electron chi connectivity index (χ4n) is 4.94. The molecular formula is C30H22O9. The molecule has 0 radical (unpaired) electrons. The van der Waals surface area contributed by atoms with Gasteiger partial charge in [-0.2, -0.15) is 0 Å². The van der Waals surface area contributed by atoms with Crippen LogP contribution in [0.5, 0.6) is 28.7 Å². The van der Waals surface area contributed by atoms with Crippen molar-refractivity contribution in [2.75, 3.05) is 21.3 Å². The lowest BCUT2D eigenvalue weighted by Crippen LogP contribution is -2.25. The van der Waals surface area contributed by atoms with Crippen LogP contribution >= 0.6 is 0 Å². The summed E-state index contributed by atoms with van der Waals surface area (Å²) in [5.41, 5.74) is 1.64. The number of carbonyl (C=O) groups excluding carboxylic acids is 2. The molecule has 0 amide bonds. The van der Waals surface area contributed by atoms with E-state index < -0.39 is 11.9 Å². The maximum atomic E-state index is 13.6. The van der Waals surface area contributed by atoms with Crippen molar-refractivity contribution < 1.29 is 37.7 Å². The zero-order valence-electron chi connectivity index (χ0n) is 21.2. The summed E-state index contributed by atoms with van der Waals surface area (Å²) in [5.74, 6) is 0.480. The number of hydrogen-bond donors (Lipinski definition) is 0. The Morgan fingerprint density at radius 3 is 2.41 bits per heavy atom. The molecule has 39 heavy (non-hydrogen) atoms. The molecule has 0 spiro atoms. The van der Waals surface area contributed by atoms with Gasteiger partial charge >= 0.3 is 5.97 Å². The number of carbonyl (C=O) groups is 2. The van der Waals surface area contributed by atoms with Crippen molar-refractivity contribution in [3.8, 4) is 28.7 Å². The van der Waals surface area contributed by atoms with Crippen molar-refractivity contribution in [1.82, 2.24) is 0 Å². The number of benzene rings is 3. The fraction of sp³-hybridized carbons (Fsp3) is 0.167. The van der Waals surface area contributed by atoms with Crippen LogP contribution in [0.2, 0.25) is 0 Å². The molecule has 0 bridgehead atoms. The van der Waals surface area contributed by atoms with Crippen LogP contribution in [0.3, 0.4) is 0 Å². The Kier molecular flexibility index (Phi) is 5.83. The Morgan fingerprint density at radius 1 is 0.872 bits per heavy atom. The van der Waals surface area contributed by atoms with Crippen LogP contribution in [-0.2, 0) is 4.79 Å². The minimum absolute atomic E-state index is 0.0628. The van der Waals surface area contributed by atoms with Crippen LogP contribution in [0.1, 0.15) is 39.4 Å². The predicted molar refractivity (Wildman–Crippen MR) is 140 cm³/mol. The molecule has 196 valence electrons. The Hall–Kier alpha value is -5.05. The van der Waals surface area contributed by atoms with Gasteiger partial charge in [-0.3, -0.25) is 14.4 Å². The first kappa shape index (κ1) is 24.3. The van der Waals surface area contributed by atoms with Crippen LogP contribution < -0.4 is 29.1 Å². The van der Waals surface area contributed by atoms with Gasteiger partial charge in [0, 0.05) is 28.7 Å². The average molecular weight is 526 g/mol. The number of ketones is 1. The number of rotatable bonds is 5. The first-order chi connectivity index (χ1) is 18.9. The molecule has 9 nitrogen and oxygen atoms in total. The lowest BCUT2D eigenvalue weighted by Gasteiger charge is -2.25. The molecule has 3 heterocycles. The number of ether oxygens (including phenoxy) is 5. The Labute approximate surface area is 222 Å². The van der Waals surface area contributed by atoms with Gasteiger partial charge in [0.25, 0.3) is 0 Å². The van der Waals surface area contributed by atoms with Gasteiger partial charge in [0.05, 0.1) is 45.0 Å². The topological polar surface area (TPSA) is 111 Å². The molecule has 9 heteroatoms. The standard InChI is InChI=1S/C30H22O9/c1-34-16-6-8-22-20(11-16)28(32)21(14-37-22)19-13-26(31)38-23-9-7-18-29(33)25(39-30(18)27(19)23)10-15-4-5-17(35-2)12-24(15)36-3/h4-12,14,19H,13H2,1-3H3/b25-10-/t19-/m1/s1. The van der Waals surface area contributed by atoms with E-state index in [0.29, 0.717) is 44.9 Å². The minimum atomic E-state index is -0.759. The molecule has 0 N–H and O–H groups in total. The van der Waals surface area contributed by atoms with E-state index in [4.69, 9.17) is 28.1 Å². The quantitative estimate of drug-likeness (QED) is 0.204. The second-order valence-electron chi connectivity index (χ2n) is 9.01. The van der Waals surface area contributed by atoms with Crippen molar-refractivity contribution in [3.05, 3.63) is 93.0 Å². The molecule has 2 aliphatic heterocycles. The summed E-state index contributed by atoms with van der Waals surface area (Å²) in [4.78, 5) is 39.5. The number of esters is 1. The van der Waals surface area contributed by atoms with Crippen molar-refractivity contribution >= 4 is 28.8 Å². The molecule has 4 aromatic rings. The number of Topliss-reactive ketones (excluding diaryl/α,β-unsaturated/α-hetero) is 1. The van der Waals surface area contributed by atoms with Crippen LogP contribution in [-0.4, -0.2) is 33.1 Å². The SMILES string of the molecule is COc1ccc(/C=C2\Oc3c(ccc4c3[C@@H](c3coc5ccc(OC)cc5c3=O)CC(=O)O4)C2=O)c(OC)c1. The minimum Gasteiger partial charge on any atom is -0.497 e. The van der Waals surface area contributed by atoms with E-state index in [9.17, 15) is 14.4 Å². The van der Waals surface area contributed by atoms with Gasteiger partial charge in [-0.1, -0.05) is 0 Å². The van der Waals surface area contributed by atoms with Gasteiger partial charge in [-0.05, 0) is 48.5 Å². The van der Waals surface area contributed by atoms with E-state index in [1.54, 1.807) is 61.7 Å². The van der Waals surface area contributed by atoms with Gasteiger partial charge < -0.3 is 28.1 Å². The van der Waals surface area contributed by atoms with E-state index >= 15 is 0 Å². The first-order valence-electron chi connectivity index (χ1n) is 12.0. The van der Waals surface area contributed by atoms with Gasteiger partial charge in [0.2, 0.25) is 5.78 Å². The van der Waals surface area contributed by atoms with Crippen molar-refractivity contribution in [1.29, 1.82) is 0 Å². The summed E-state index contributed by atoms with van der Waals surface area (Å²) < 4.78 is 33.3. The molecule has 2 aliphatic rings. The highest BCUT2D eigenvalue weighted by molar-refractivity contribution is 6.15. The van der Waals surface area contributed by atoms with E-state index in [1.807, 2.05) is 0 Å². The Bertz CT molecular complexity index is 1760.